The van der Waals surface area contributed by atoms with Crippen LogP contribution in [0.25, 0.3) is 5.69 Å². The molecule has 1 N–H and O–H groups in total. The number of carbonyl (C=O) groups is 1. The lowest BCUT2D eigenvalue weighted by Gasteiger charge is -2.09. The van der Waals surface area contributed by atoms with E-state index in [1.54, 1.807) is 48.1 Å². The van der Waals surface area contributed by atoms with Gasteiger partial charge < -0.3 is 5.11 Å². The van der Waals surface area contributed by atoms with Gasteiger partial charge in [-0.15, -0.1) is 0 Å². The van der Waals surface area contributed by atoms with Crippen molar-refractivity contribution in [2.45, 2.75) is 32.7 Å². The fourth-order valence-corrected chi connectivity index (χ4v) is 2.07. The molecule has 2 rings (SSSR count). The summed E-state index contributed by atoms with van der Waals surface area (Å²) in [5.41, 5.74) is 1.24. The van der Waals surface area contributed by atoms with Crippen molar-refractivity contribution in [3.8, 4) is 5.69 Å². The summed E-state index contributed by atoms with van der Waals surface area (Å²) in [4.78, 5) is 23.3. The second-order valence-corrected chi connectivity index (χ2v) is 5.11. The summed E-state index contributed by atoms with van der Waals surface area (Å²) in [5.74, 6) is -1.48. The Morgan fingerprint density at radius 1 is 1.20 bits per heavy atom. The van der Waals surface area contributed by atoms with E-state index in [9.17, 15) is 9.59 Å². The Kier molecular flexibility index (Phi) is 3.79. The monoisotopic (exact) mass is 274 g/mol. The number of nitrogens with zero attached hydrogens (tertiary/aromatic N) is 2. The standard InChI is InChI=1S/C15H18N2O3/c1-10(2)16-7-8-17(15(16)20)13-6-4-5-12(9-13)11(3)14(18)19/h4-11H,1-3H3,(H,18,19). The van der Waals surface area contributed by atoms with Crippen molar-refractivity contribution in [1.82, 2.24) is 9.13 Å². The zero-order valence-corrected chi connectivity index (χ0v) is 11.8. The molecule has 1 unspecified atom stereocenters. The number of benzene rings is 1. The Bertz CT molecular complexity index is 682. The molecule has 0 radical (unpaired) electrons. The molecule has 0 bridgehead atoms. The van der Waals surface area contributed by atoms with Gasteiger partial charge >= 0.3 is 11.7 Å². The highest BCUT2D eigenvalue weighted by atomic mass is 16.4. The van der Waals surface area contributed by atoms with E-state index in [1.807, 2.05) is 13.8 Å². The minimum Gasteiger partial charge on any atom is -0.481 e. The molecule has 1 atom stereocenters. The first kappa shape index (κ1) is 14.1. The third-order valence-corrected chi connectivity index (χ3v) is 3.38. The molecule has 20 heavy (non-hydrogen) atoms. The van der Waals surface area contributed by atoms with Gasteiger partial charge in [0.1, 0.15) is 0 Å². The number of carboxylic acid groups (broad SMARTS) is 1. The van der Waals surface area contributed by atoms with Crippen molar-refractivity contribution >= 4 is 5.97 Å². The van der Waals surface area contributed by atoms with Gasteiger partial charge in [-0.25, -0.2) is 4.79 Å². The van der Waals surface area contributed by atoms with E-state index >= 15 is 0 Å². The highest BCUT2D eigenvalue weighted by Gasteiger charge is 2.15. The predicted octanol–water partition coefficient (Wildman–Crippen LogP) is 2.41. The lowest BCUT2D eigenvalue weighted by molar-refractivity contribution is -0.138. The Balaban J connectivity index is 2.47. The normalized spacial score (nSPS) is 12.6. The predicted molar refractivity (Wildman–Crippen MR) is 76.5 cm³/mol. The molecule has 5 heteroatoms. The summed E-state index contributed by atoms with van der Waals surface area (Å²) < 4.78 is 3.16. The lowest BCUT2D eigenvalue weighted by atomic mass is 10.0. The second kappa shape index (κ2) is 5.36. The number of hydrogen-bond acceptors (Lipinski definition) is 2. The van der Waals surface area contributed by atoms with Crippen LogP contribution >= 0.6 is 0 Å². The van der Waals surface area contributed by atoms with E-state index in [1.165, 1.54) is 4.57 Å². The third kappa shape index (κ3) is 2.52. The quantitative estimate of drug-likeness (QED) is 0.931. The number of hydrogen-bond donors (Lipinski definition) is 1. The van der Waals surface area contributed by atoms with Crippen LogP contribution in [-0.2, 0) is 4.79 Å². The zero-order valence-electron chi connectivity index (χ0n) is 11.8. The van der Waals surface area contributed by atoms with Gasteiger partial charge in [-0.2, -0.15) is 0 Å². The highest BCUT2D eigenvalue weighted by molar-refractivity contribution is 5.75. The first-order chi connectivity index (χ1) is 9.41. The first-order valence-corrected chi connectivity index (χ1v) is 6.54. The Hall–Kier alpha value is -2.30. The minimum atomic E-state index is -0.880. The van der Waals surface area contributed by atoms with Crippen LogP contribution < -0.4 is 5.69 Å². The smallest absolute Gasteiger partial charge is 0.332 e. The maximum atomic E-state index is 12.2. The molecule has 0 aliphatic heterocycles. The molecule has 1 heterocycles. The fourth-order valence-electron chi connectivity index (χ4n) is 2.07. The van der Waals surface area contributed by atoms with Crippen molar-refractivity contribution < 1.29 is 9.90 Å². The molecule has 0 saturated heterocycles. The van der Waals surface area contributed by atoms with E-state index in [0.29, 0.717) is 11.3 Å². The van der Waals surface area contributed by atoms with Crippen LogP contribution in [0.5, 0.6) is 0 Å². The number of carboxylic acids is 1. The molecular weight excluding hydrogens is 256 g/mol. The Morgan fingerprint density at radius 2 is 1.90 bits per heavy atom. The van der Waals surface area contributed by atoms with Crippen LogP contribution in [0.3, 0.4) is 0 Å². The molecule has 0 amide bonds. The zero-order chi connectivity index (χ0) is 14.9. The van der Waals surface area contributed by atoms with Crippen molar-refractivity contribution in [3.63, 3.8) is 0 Å². The minimum absolute atomic E-state index is 0.0878. The SMILES string of the molecule is CC(C(=O)O)c1cccc(-n2ccn(C(C)C)c2=O)c1. The van der Waals surface area contributed by atoms with Crippen molar-refractivity contribution in [3.05, 3.63) is 52.7 Å². The van der Waals surface area contributed by atoms with Crippen molar-refractivity contribution in [2.75, 3.05) is 0 Å². The Morgan fingerprint density at radius 3 is 2.45 bits per heavy atom. The van der Waals surface area contributed by atoms with E-state index in [2.05, 4.69) is 0 Å². The van der Waals surface area contributed by atoms with Gasteiger partial charge in [0, 0.05) is 18.4 Å². The molecular formula is C15H18N2O3. The molecule has 1 aromatic heterocycles. The summed E-state index contributed by atoms with van der Waals surface area (Å²) in [6.07, 6.45) is 3.44. The van der Waals surface area contributed by atoms with Gasteiger partial charge in [-0.3, -0.25) is 13.9 Å². The van der Waals surface area contributed by atoms with Crippen LogP contribution in [0.2, 0.25) is 0 Å². The molecule has 106 valence electrons. The summed E-state index contributed by atoms with van der Waals surface area (Å²) in [6, 6.07) is 7.15. The average molecular weight is 274 g/mol. The lowest BCUT2D eigenvalue weighted by Crippen LogP contribution is -2.24. The van der Waals surface area contributed by atoms with Crippen molar-refractivity contribution in [2.24, 2.45) is 0 Å². The maximum Gasteiger partial charge on any atom is 0.332 e. The van der Waals surface area contributed by atoms with Crippen LogP contribution in [0.1, 0.15) is 38.3 Å². The van der Waals surface area contributed by atoms with Gasteiger partial charge in [0.25, 0.3) is 0 Å². The average Bonchev–Trinajstić information content (AvgIpc) is 2.80. The van der Waals surface area contributed by atoms with Gasteiger partial charge in [0.2, 0.25) is 0 Å². The van der Waals surface area contributed by atoms with Gasteiger partial charge in [0.05, 0.1) is 11.6 Å². The summed E-state index contributed by atoms with van der Waals surface area (Å²) in [7, 11) is 0. The van der Waals surface area contributed by atoms with Crippen LogP contribution in [0, 0.1) is 0 Å². The van der Waals surface area contributed by atoms with Gasteiger partial charge in [0.15, 0.2) is 0 Å². The van der Waals surface area contributed by atoms with E-state index in [0.717, 1.165) is 0 Å². The second-order valence-electron chi connectivity index (χ2n) is 5.11. The summed E-state index contributed by atoms with van der Waals surface area (Å²) >= 11 is 0. The molecule has 0 spiro atoms. The number of imidazole rings is 1. The molecule has 1 aromatic carbocycles. The first-order valence-electron chi connectivity index (χ1n) is 6.54. The van der Waals surface area contributed by atoms with Crippen LogP contribution in [0.4, 0.5) is 0 Å². The molecule has 2 aromatic rings. The summed E-state index contributed by atoms with van der Waals surface area (Å²) in [6.45, 7) is 5.51. The van der Waals surface area contributed by atoms with E-state index in [4.69, 9.17) is 5.11 Å². The number of aliphatic carboxylic acids is 1. The third-order valence-electron chi connectivity index (χ3n) is 3.38. The Labute approximate surface area is 117 Å². The number of aromatic nitrogens is 2. The fraction of sp³-hybridized carbons (Fsp3) is 0.333. The number of rotatable bonds is 4. The van der Waals surface area contributed by atoms with Crippen LogP contribution in [0.15, 0.2) is 41.5 Å². The molecule has 0 fully saturated rings. The van der Waals surface area contributed by atoms with Crippen LogP contribution in [-0.4, -0.2) is 20.2 Å². The molecule has 0 aliphatic carbocycles. The van der Waals surface area contributed by atoms with Gasteiger partial charge in [-0.1, -0.05) is 12.1 Å². The van der Waals surface area contributed by atoms with Gasteiger partial charge in [-0.05, 0) is 38.5 Å². The molecule has 0 aliphatic rings. The maximum absolute atomic E-state index is 12.2. The molecule has 0 saturated carbocycles. The largest absolute Gasteiger partial charge is 0.481 e. The highest BCUT2D eigenvalue weighted by Crippen LogP contribution is 2.18. The van der Waals surface area contributed by atoms with E-state index in [-0.39, 0.29) is 11.7 Å². The van der Waals surface area contributed by atoms with E-state index < -0.39 is 11.9 Å². The molecule has 5 nitrogen and oxygen atoms in total. The topological polar surface area (TPSA) is 64.2 Å². The van der Waals surface area contributed by atoms with Crippen molar-refractivity contribution in [1.29, 1.82) is 0 Å². The summed E-state index contributed by atoms with van der Waals surface area (Å²) in [5, 5.41) is 9.06.